The van der Waals surface area contributed by atoms with Crippen LogP contribution in [-0.2, 0) is 9.53 Å². The Morgan fingerprint density at radius 2 is 1.75 bits per heavy atom. The van der Waals surface area contributed by atoms with Crippen molar-refractivity contribution in [1.82, 2.24) is 5.32 Å². The van der Waals surface area contributed by atoms with E-state index in [1.807, 2.05) is 0 Å². The summed E-state index contributed by atoms with van der Waals surface area (Å²) in [5, 5.41) is 12.0. The van der Waals surface area contributed by atoms with Gasteiger partial charge in [0.2, 0.25) is 0 Å². The maximum Gasteiger partial charge on any atom is 0.323 e. The predicted octanol–water partition coefficient (Wildman–Crippen LogP) is 1.60. The molecule has 0 aliphatic rings. The van der Waals surface area contributed by atoms with Gasteiger partial charge in [0.15, 0.2) is 0 Å². The number of carbonyl (C=O) groups is 1. The molecule has 0 spiro atoms. The molecule has 0 aromatic rings. The Kier molecular flexibility index (Phi) is 7.34. The summed E-state index contributed by atoms with van der Waals surface area (Å²) >= 11 is 0. The van der Waals surface area contributed by atoms with Crippen LogP contribution in [0.25, 0.3) is 0 Å². The fraction of sp³-hybridized carbons (Fsp3) is 0.917. The molecule has 0 aromatic carbocycles. The quantitative estimate of drug-likeness (QED) is 0.666. The highest BCUT2D eigenvalue weighted by atomic mass is 16.5. The van der Waals surface area contributed by atoms with Crippen LogP contribution in [0.3, 0.4) is 0 Å². The van der Waals surface area contributed by atoms with E-state index >= 15 is 0 Å². The van der Waals surface area contributed by atoms with Gasteiger partial charge in [-0.2, -0.15) is 0 Å². The monoisotopic (exact) mass is 231 g/mol. The lowest BCUT2D eigenvalue weighted by atomic mass is 9.85. The van der Waals surface area contributed by atoms with Gasteiger partial charge in [0.25, 0.3) is 0 Å². The number of rotatable bonds is 8. The fourth-order valence-corrected chi connectivity index (χ4v) is 1.90. The number of hydrogen-bond acceptors (Lipinski definition) is 3. The van der Waals surface area contributed by atoms with Gasteiger partial charge in [-0.1, -0.05) is 27.7 Å². The maximum absolute atomic E-state index is 10.9. The summed E-state index contributed by atoms with van der Waals surface area (Å²) in [6.45, 7) is 9.58. The van der Waals surface area contributed by atoms with Gasteiger partial charge in [0.05, 0.1) is 6.61 Å². The van der Waals surface area contributed by atoms with Crippen LogP contribution in [0.2, 0.25) is 0 Å². The topological polar surface area (TPSA) is 58.6 Å². The van der Waals surface area contributed by atoms with Crippen molar-refractivity contribution in [3.63, 3.8) is 0 Å². The Labute approximate surface area is 98.4 Å². The summed E-state index contributed by atoms with van der Waals surface area (Å²) in [6.07, 6.45) is 0. The van der Waals surface area contributed by atoms with Crippen molar-refractivity contribution in [3.8, 4) is 0 Å². The largest absolute Gasteiger partial charge is 0.480 e. The lowest BCUT2D eigenvalue weighted by Gasteiger charge is -2.26. The minimum atomic E-state index is -0.854. The molecule has 16 heavy (non-hydrogen) atoms. The minimum Gasteiger partial charge on any atom is -0.480 e. The molecule has 0 rings (SSSR count). The average molecular weight is 231 g/mol. The van der Waals surface area contributed by atoms with Gasteiger partial charge in [-0.3, -0.25) is 4.79 Å². The van der Waals surface area contributed by atoms with Crippen molar-refractivity contribution in [1.29, 1.82) is 0 Å². The lowest BCUT2D eigenvalue weighted by molar-refractivity contribution is -0.141. The average Bonchev–Trinajstić information content (AvgIpc) is 2.15. The molecule has 0 aromatic heterocycles. The SMILES string of the molecule is COCC(NCC(C(C)C)C(C)C)C(=O)O. The molecule has 1 atom stereocenters. The predicted molar refractivity (Wildman–Crippen MR) is 64.5 cm³/mol. The van der Waals surface area contributed by atoms with E-state index in [1.54, 1.807) is 0 Å². The molecule has 0 aliphatic carbocycles. The van der Waals surface area contributed by atoms with Gasteiger partial charge in [-0.25, -0.2) is 0 Å². The second-order valence-electron chi connectivity index (χ2n) is 4.91. The van der Waals surface area contributed by atoms with Crippen molar-refractivity contribution in [2.24, 2.45) is 17.8 Å². The molecule has 0 amide bonds. The number of carboxylic acids is 1. The van der Waals surface area contributed by atoms with Crippen LogP contribution in [-0.4, -0.2) is 37.4 Å². The number of aliphatic carboxylic acids is 1. The second-order valence-corrected chi connectivity index (χ2v) is 4.91. The molecule has 0 radical (unpaired) electrons. The molecule has 0 aliphatic heterocycles. The second kappa shape index (κ2) is 7.63. The number of carboxylic acid groups (broad SMARTS) is 1. The summed E-state index contributed by atoms with van der Waals surface area (Å²) in [7, 11) is 1.51. The number of hydrogen-bond donors (Lipinski definition) is 2. The zero-order chi connectivity index (χ0) is 12.7. The molecule has 2 N–H and O–H groups in total. The van der Waals surface area contributed by atoms with Crippen LogP contribution in [0, 0.1) is 17.8 Å². The van der Waals surface area contributed by atoms with E-state index in [1.165, 1.54) is 7.11 Å². The van der Waals surface area contributed by atoms with Crippen molar-refractivity contribution in [3.05, 3.63) is 0 Å². The molecular weight excluding hydrogens is 206 g/mol. The lowest BCUT2D eigenvalue weighted by Crippen LogP contribution is -2.44. The van der Waals surface area contributed by atoms with E-state index in [-0.39, 0.29) is 6.61 Å². The Balaban J connectivity index is 4.20. The van der Waals surface area contributed by atoms with Crippen LogP contribution in [0.1, 0.15) is 27.7 Å². The normalized spacial score (nSPS) is 13.8. The molecule has 96 valence electrons. The first-order valence-corrected chi connectivity index (χ1v) is 5.85. The maximum atomic E-state index is 10.9. The highest BCUT2D eigenvalue weighted by Crippen LogP contribution is 2.19. The highest BCUT2D eigenvalue weighted by Gasteiger charge is 2.22. The van der Waals surface area contributed by atoms with Crippen molar-refractivity contribution < 1.29 is 14.6 Å². The summed E-state index contributed by atoms with van der Waals surface area (Å²) in [6, 6.07) is -0.606. The van der Waals surface area contributed by atoms with E-state index in [0.717, 1.165) is 6.54 Å². The van der Waals surface area contributed by atoms with Gasteiger partial charge in [-0.15, -0.1) is 0 Å². The highest BCUT2D eigenvalue weighted by molar-refractivity contribution is 5.73. The van der Waals surface area contributed by atoms with Crippen LogP contribution >= 0.6 is 0 Å². The zero-order valence-electron chi connectivity index (χ0n) is 11.0. The fourth-order valence-electron chi connectivity index (χ4n) is 1.90. The standard InChI is InChI=1S/C12H25NO3/c1-8(2)10(9(3)4)6-13-11(7-16-5)12(14)15/h8-11,13H,6-7H2,1-5H3,(H,14,15). The number of ether oxygens (including phenoxy) is 1. The molecule has 0 fully saturated rings. The van der Waals surface area contributed by atoms with Gasteiger partial charge in [0.1, 0.15) is 6.04 Å². The van der Waals surface area contributed by atoms with Crippen molar-refractivity contribution >= 4 is 5.97 Å². The first-order chi connectivity index (χ1) is 7.40. The van der Waals surface area contributed by atoms with E-state index in [0.29, 0.717) is 17.8 Å². The zero-order valence-corrected chi connectivity index (χ0v) is 11.0. The first-order valence-electron chi connectivity index (χ1n) is 5.85. The van der Waals surface area contributed by atoms with E-state index in [9.17, 15) is 4.79 Å². The Bertz CT molecular complexity index is 196. The third-order valence-electron chi connectivity index (χ3n) is 2.94. The molecule has 0 saturated heterocycles. The smallest absolute Gasteiger partial charge is 0.323 e. The van der Waals surface area contributed by atoms with Crippen molar-refractivity contribution in [2.45, 2.75) is 33.7 Å². The molecular formula is C12H25NO3. The summed E-state index contributed by atoms with van der Waals surface area (Å²) in [4.78, 5) is 10.9. The Hall–Kier alpha value is -0.610. The molecule has 1 unspecified atom stereocenters. The van der Waals surface area contributed by atoms with Crippen LogP contribution in [0.4, 0.5) is 0 Å². The minimum absolute atomic E-state index is 0.207. The van der Waals surface area contributed by atoms with E-state index in [4.69, 9.17) is 9.84 Å². The third-order valence-corrected chi connectivity index (χ3v) is 2.94. The van der Waals surface area contributed by atoms with E-state index < -0.39 is 12.0 Å². The Morgan fingerprint density at radius 3 is 2.06 bits per heavy atom. The van der Waals surface area contributed by atoms with Gasteiger partial charge < -0.3 is 15.2 Å². The molecule has 4 nitrogen and oxygen atoms in total. The van der Waals surface area contributed by atoms with Crippen LogP contribution in [0.15, 0.2) is 0 Å². The number of nitrogens with one attached hydrogen (secondary N) is 1. The Morgan fingerprint density at radius 1 is 1.25 bits per heavy atom. The summed E-state index contributed by atoms with van der Waals surface area (Å²) in [5.74, 6) is 0.723. The van der Waals surface area contributed by atoms with Crippen molar-refractivity contribution in [2.75, 3.05) is 20.3 Å². The van der Waals surface area contributed by atoms with Crippen LogP contribution < -0.4 is 5.32 Å². The molecule has 4 heteroatoms. The summed E-state index contributed by atoms with van der Waals surface area (Å²) < 4.78 is 4.88. The molecule has 0 heterocycles. The van der Waals surface area contributed by atoms with Gasteiger partial charge >= 0.3 is 5.97 Å². The molecule has 0 saturated carbocycles. The third kappa shape index (κ3) is 5.47. The first kappa shape index (κ1) is 15.4. The molecule has 0 bridgehead atoms. The van der Waals surface area contributed by atoms with Gasteiger partial charge in [-0.05, 0) is 24.3 Å². The van der Waals surface area contributed by atoms with Gasteiger partial charge in [0, 0.05) is 7.11 Å². The van der Waals surface area contributed by atoms with E-state index in [2.05, 4.69) is 33.0 Å². The summed E-state index contributed by atoms with van der Waals surface area (Å²) in [5.41, 5.74) is 0. The van der Waals surface area contributed by atoms with Crippen LogP contribution in [0.5, 0.6) is 0 Å². The number of methoxy groups -OCH3 is 1.